The van der Waals surface area contributed by atoms with Gasteiger partial charge in [-0.05, 0) is 37.0 Å². The van der Waals surface area contributed by atoms with Crippen molar-refractivity contribution in [2.75, 3.05) is 33.9 Å². The molecule has 1 aromatic rings. The highest BCUT2D eigenvalue weighted by Crippen LogP contribution is 2.39. The first-order chi connectivity index (χ1) is 11.1. The van der Waals surface area contributed by atoms with Crippen molar-refractivity contribution in [3.8, 4) is 0 Å². The minimum atomic E-state index is -0.159. The Bertz CT molecular complexity index is 521. The molecule has 1 heterocycles. The van der Waals surface area contributed by atoms with E-state index in [9.17, 15) is 9.59 Å². The third kappa shape index (κ3) is 5.32. The third-order valence-corrected chi connectivity index (χ3v) is 4.13. The number of pyridine rings is 1. The van der Waals surface area contributed by atoms with Crippen LogP contribution in [0.4, 0.5) is 0 Å². The number of likely N-dealkylation sites (N-methyl/N-ethyl adjacent to an activating group) is 1. The van der Waals surface area contributed by atoms with Crippen LogP contribution < -0.4 is 5.32 Å². The minimum Gasteiger partial charge on any atom is -0.385 e. The van der Waals surface area contributed by atoms with E-state index in [0.717, 1.165) is 18.4 Å². The van der Waals surface area contributed by atoms with E-state index < -0.39 is 0 Å². The SMILES string of the molecule is COCCCNC(=O)C1CC1C(=O)N(C)CCc1ccncc1. The van der Waals surface area contributed by atoms with E-state index in [4.69, 9.17) is 4.74 Å². The Labute approximate surface area is 137 Å². The van der Waals surface area contributed by atoms with Gasteiger partial charge in [0.2, 0.25) is 11.8 Å². The maximum Gasteiger partial charge on any atom is 0.226 e. The molecule has 2 unspecified atom stereocenters. The van der Waals surface area contributed by atoms with E-state index in [1.165, 1.54) is 0 Å². The van der Waals surface area contributed by atoms with Crippen LogP contribution in [0.15, 0.2) is 24.5 Å². The number of nitrogens with one attached hydrogen (secondary N) is 1. The van der Waals surface area contributed by atoms with Gasteiger partial charge in [0.1, 0.15) is 0 Å². The lowest BCUT2D eigenvalue weighted by Crippen LogP contribution is -2.33. The molecule has 1 aliphatic rings. The summed E-state index contributed by atoms with van der Waals surface area (Å²) in [6.07, 6.45) is 5.75. The van der Waals surface area contributed by atoms with Gasteiger partial charge in [0.05, 0.1) is 11.8 Å². The average Bonchev–Trinajstić information content (AvgIpc) is 3.37. The van der Waals surface area contributed by atoms with Crippen LogP contribution >= 0.6 is 0 Å². The van der Waals surface area contributed by atoms with Gasteiger partial charge >= 0.3 is 0 Å². The number of carbonyl (C=O) groups is 2. The molecule has 0 spiro atoms. The number of methoxy groups -OCH3 is 1. The number of aromatic nitrogens is 1. The zero-order valence-corrected chi connectivity index (χ0v) is 13.8. The summed E-state index contributed by atoms with van der Waals surface area (Å²) in [6.45, 7) is 1.88. The zero-order chi connectivity index (χ0) is 16.7. The Morgan fingerprint density at radius 2 is 2.09 bits per heavy atom. The largest absolute Gasteiger partial charge is 0.385 e. The Morgan fingerprint density at radius 3 is 2.78 bits per heavy atom. The van der Waals surface area contributed by atoms with Crippen molar-refractivity contribution < 1.29 is 14.3 Å². The summed E-state index contributed by atoms with van der Waals surface area (Å²) in [6, 6.07) is 3.90. The smallest absolute Gasteiger partial charge is 0.226 e. The van der Waals surface area contributed by atoms with Gasteiger partial charge in [0.25, 0.3) is 0 Å². The predicted octanol–water partition coefficient (Wildman–Crippen LogP) is 0.871. The Kier molecular flexibility index (Phi) is 6.52. The molecule has 23 heavy (non-hydrogen) atoms. The second-order valence-electron chi connectivity index (χ2n) is 5.95. The fourth-order valence-electron chi connectivity index (χ4n) is 2.56. The molecular formula is C17H25N3O3. The first kappa shape index (κ1) is 17.4. The van der Waals surface area contributed by atoms with Crippen LogP contribution in [0, 0.1) is 11.8 Å². The van der Waals surface area contributed by atoms with Crippen molar-refractivity contribution in [3.63, 3.8) is 0 Å². The summed E-state index contributed by atoms with van der Waals surface area (Å²) in [7, 11) is 3.44. The fourth-order valence-corrected chi connectivity index (χ4v) is 2.56. The van der Waals surface area contributed by atoms with Crippen LogP contribution in [0.25, 0.3) is 0 Å². The van der Waals surface area contributed by atoms with E-state index >= 15 is 0 Å². The molecule has 2 atom stereocenters. The summed E-state index contributed by atoms with van der Waals surface area (Å²) in [4.78, 5) is 30.0. The van der Waals surface area contributed by atoms with Crippen LogP contribution in [0.3, 0.4) is 0 Å². The summed E-state index contributed by atoms with van der Waals surface area (Å²) < 4.78 is 4.94. The lowest BCUT2D eigenvalue weighted by atomic mass is 10.2. The standard InChI is InChI=1S/C17H25N3O3/c1-20(10-6-13-4-8-18-9-5-13)17(22)15-12-14(15)16(21)19-7-3-11-23-2/h4-5,8-9,14-15H,3,6-7,10-12H2,1-2H3,(H,19,21). The molecule has 2 amide bonds. The number of nitrogens with zero attached hydrogens (tertiary/aromatic N) is 2. The first-order valence-electron chi connectivity index (χ1n) is 8.04. The highest BCUT2D eigenvalue weighted by Gasteiger charge is 2.48. The number of hydrogen-bond acceptors (Lipinski definition) is 4. The van der Waals surface area contributed by atoms with E-state index in [1.54, 1.807) is 31.5 Å². The molecular weight excluding hydrogens is 294 g/mol. The predicted molar refractivity (Wildman–Crippen MR) is 86.7 cm³/mol. The Morgan fingerprint density at radius 1 is 1.35 bits per heavy atom. The zero-order valence-electron chi connectivity index (χ0n) is 13.8. The van der Waals surface area contributed by atoms with E-state index in [2.05, 4.69) is 10.3 Å². The van der Waals surface area contributed by atoms with Gasteiger partial charge in [0.15, 0.2) is 0 Å². The van der Waals surface area contributed by atoms with E-state index in [-0.39, 0.29) is 23.7 Å². The van der Waals surface area contributed by atoms with Crippen LogP contribution in [0.5, 0.6) is 0 Å². The van der Waals surface area contributed by atoms with Crippen LogP contribution in [0.1, 0.15) is 18.4 Å². The molecule has 1 N–H and O–H groups in total. The van der Waals surface area contributed by atoms with Crippen LogP contribution in [-0.2, 0) is 20.7 Å². The molecule has 0 saturated heterocycles. The molecule has 0 radical (unpaired) electrons. The van der Waals surface area contributed by atoms with E-state index in [1.807, 2.05) is 12.1 Å². The average molecular weight is 319 g/mol. The Hall–Kier alpha value is -1.95. The summed E-state index contributed by atoms with van der Waals surface area (Å²) in [5.41, 5.74) is 1.16. The highest BCUT2D eigenvalue weighted by atomic mass is 16.5. The number of amides is 2. The third-order valence-electron chi connectivity index (χ3n) is 4.13. The highest BCUT2D eigenvalue weighted by molar-refractivity contribution is 5.92. The number of ether oxygens (including phenoxy) is 1. The van der Waals surface area contributed by atoms with E-state index in [0.29, 0.717) is 26.1 Å². The van der Waals surface area contributed by atoms with Crippen molar-refractivity contribution in [3.05, 3.63) is 30.1 Å². The molecule has 0 aliphatic heterocycles. The van der Waals surface area contributed by atoms with Crippen molar-refractivity contribution in [1.82, 2.24) is 15.2 Å². The Balaban J connectivity index is 1.69. The lowest BCUT2D eigenvalue weighted by Gasteiger charge is -2.17. The van der Waals surface area contributed by atoms with Crippen molar-refractivity contribution in [2.24, 2.45) is 11.8 Å². The molecule has 1 aromatic heterocycles. The molecule has 0 bridgehead atoms. The quantitative estimate of drug-likeness (QED) is 0.686. The second-order valence-corrected chi connectivity index (χ2v) is 5.95. The van der Waals surface area contributed by atoms with Crippen molar-refractivity contribution >= 4 is 11.8 Å². The topological polar surface area (TPSA) is 71.5 Å². The minimum absolute atomic E-state index is 0.0120. The number of carbonyl (C=O) groups excluding carboxylic acids is 2. The summed E-state index contributed by atoms with van der Waals surface area (Å²) in [5.74, 6) is -0.258. The molecule has 2 rings (SSSR count). The van der Waals surface area contributed by atoms with Crippen LogP contribution in [0.2, 0.25) is 0 Å². The molecule has 1 fully saturated rings. The van der Waals surface area contributed by atoms with Crippen molar-refractivity contribution in [1.29, 1.82) is 0 Å². The van der Waals surface area contributed by atoms with Gasteiger partial charge in [-0.15, -0.1) is 0 Å². The van der Waals surface area contributed by atoms with Gasteiger partial charge in [-0.2, -0.15) is 0 Å². The number of hydrogen-bond donors (Lipinski definition) is 1. The first-order valence-corrected chi connectivity index (χ1v) is 8.04. The normalized spacial score (nSPS) is 19.2. The van der Waals surface area contributed by atoms with Gasteiger partial charge in [-0.3, -0.25) is 14.6 Å². The lowest BCUT2D eigenvalue weighted by molar-refractivity contribution is -0.133. The number of rotatable bonds is 9. The molecule has 6 nitrogen and oxygen atoms in total. The second kappa shape index (κ2) is 8.62. The molecule has 126 valence electrons. The van der Waals surface area contributed by atoms with Crippen molar-refractivity contribution in [2.45, 2.75) is 19.3 Å². The molecule has 1 saturated carbocycles. The summed E-state index contributed by atoms with van der Waals surface area (Å²) in [5, 5.41) is 2.86. The maximum absolute atomic E-state index is 12.3. The molecule has 6 heteroatoms. The molecule has 0 aromatic carbocycles. The van der Waals surface area contributed by atoms with Crippen LogP contribution in [-0.4, -0.2) is 55.6 Å². The van der Waals surface area contributed by atoms with Gasteiger partial charge < -0.3 is 15.0 Å². The monoisotopic (exact) mass is 319 g/mol. The van der Waals surface area contributed by atoms with Gasteiger partial charge in [0, 0.05) is 46.2 Å². The maximum atomic E-state index is 12.3. The van der Waals surface area contributed by atoms with Gasteiger partial charge in [-0.1, -0.05) is 0 Å². The summed E-state index contributed by atoms with van der Waals surface area (Å²) >= 11 is 0. The van der Waals surface area contributed by atoms with Gasteiger partial charge in [-0.25, -0.2) is 0 Å². The fraction of sp³-hybridized carbons (Fsp3) is 0.588. The molecule has 1 aliphatic carbocycles.